The normalized spacial score (nSPS) is 10.5. The summed E-state index contributed by atoms with van der Waals surface area (Å²) in [5, 5.41) is 10.4. The van der Waals surface area contributed by atoms with Crippen molar-refractivity contribution < 1.29 is 4.79 Å². The molecule has 0 saturated carbocycles. The Bertz CT molecular complexity index is 569. The Kier molecular flexibility index (Phi) is 5.29. The zero-order valence-corrected chi connectivity index (χ0v) is 12.9. The van der Waals surface area contributed by atoms with Gasteiger partial charge in [-0.05, 0) is 37.5 Å². The van der Waals surface area contributed by atoms with E-state index in [2.05, 4.69) is 31.4 Å². The van der Waals surface area contributed by atoms with Gasteiger partial charge in [0.15, 0.2) is 0 Å². The minimum atomic E-state index is -0.0324. The van der Waals surface area contributed by atoms with E-state index in [4.69, 9.17) is 0 Å². The number of hydrogen-bond donors (Lipinski definition) is 1. The maximum Gasteiger partial charge on any atom is 0.251 e. The Morgan fingerprint density at radius 2 is 2.05 bits per heavy atom. The van der Waals surface area contributed by atoms with Crippen LogP contribution in [0, 0.1) is 6.92 Å². The van der Waals surface area contributed by atoms with Gasteiger partial charge in [0.05, 0.1) is 0 Å². The van der Waals surface area contributed by atoms with Crippen molar-refractivity contribution >= 4 is 21.8 Å². The van der Waals surface area contributed by atoms with Gasteiger partial charge in [-0.1, -0.05) is 22.0 Å². The van der Waals surface area contributed by atoms with Crippen LogP contribution in [-0.2, 0) is 6.54 Å². The molecule has 0 aliphatic rings. The number of hydrogen-bond acceptors (Lipinski definition) is 3. The van der Waals surface area contributed by atoms with Crippen LogP contribution in [0.3, 0.4) is 0 Å². The van der Waals surface area contributed by atoms with Crippen molar-refractivity contribution in [1.29, 1.82) is 0 Å². The summed E-state index contributed by atoms with van der Waals surface area (Å²) < 4.78 is 2.89. The molecule has 0 bridgehead atoms. The highest BCUT2D eigenvalue weighted by Crippen LogP contribution is 2.17. The highest BCUT2D eigenvalue weighted by atomic mass is 79.9. The summed E-state index contributed by atoms with van der Waals surface area (Å²) in [4.78, 5) is 11.9. The molecule has 2 aromatic rings. The molecule has 20 heavy (non-hydrogen) atoms. The van der Waals surface area contributed by atoms with Crippen molar-refractivity contribution in [1.82, 2.24) is 20.1 Å². The number of aromatic nitrogens is 3. The third-order valence-electron chi connectivity index (χ3n) is 3.03. The van der Waals surface area contributed by atoms with Crippen molar-refractivity contribution in [2.24, 2.45) is 0 Å². The van der Waals surface area contributed by atoms with Gasteiger partial charge in [-0.15, -0.1) is 10.2 Å². The first-order valence-corrected chi connectivity index (χ1v) is 7.33. The van der Waals surface area contributed by atoms with Gasteiger partial charge < -0.3 is 9.88 Å². The minimum absolute atomic E-state index is 0.0324. The Labute approximate surface area is 126 Å². The van der Waals surface area contributed by atoms with E-state index in [1.165, 1.54) is 0 Å². The van der Waals surface area contributed by atoms with E-state index in [0.717, 1.165) is 29.4 Å². The quantitative estimate of drug-likeness (QED) is 0.824. The van der Waals surface area contributed by atoms with Crippen LogP contribution in [0.5, 0.6) is 0 Å². The lowest BCUT2D eigenvalue weighted by Gasteiger charge is -2.07. The fraction of sp³-hybridized carbons (Fsp3) is 0.357. The average molecular weight is 337 g/mol. The molecule has 2 rings (SSSR count). The molecule has 1 heterocycles. The molecule has 1 N–H and O–H groups in total. The van der Waals surface area contributed by atoms with Crippen LogP contribution in [0.1, 0.15) is 28.8 Å². The molecule has 0 radical (unpaired) electrons. The summed E-state index contributed by atoms with van der Waals surface area (Å²) in [6, 6.07) is 5.62. The van der Waals surface area contributed by atoms with Crippen LogP contribution >= 0.6 is 15.9 Å². The second kappa shape index (κ2) is 7.19. The fourth-order valence-electron chi connectivity index (χ4n) is 1.80. The number of nitrogens with zero attached hydrogens (tertiary/aromatic N) is 3. The Morgan fingerprint density at radius 1 is 1.30 bits per heavy atom. The third kappa shape index (κ3) is 4.16. The molecule has 0 unspecified atom stereocenters. The predicted molar refractivity (Wildman–Crippen MR) is 80.5 cm³/mol. The smallest absolute Gasteiger partial charge is 0.251 e. The van der Waals surface area contributed by atoms with Crippen LogP contribution in [0.15, 0.2) is 35.3 Å². The molecule has 0 spiro atoms. The highest BCUT2D eigenvalue weighted by Gasteiger charge is 2.06. The summed E-state index contributed by atoms with van der Waals surface area (Å²) >= 11 is 3.43. The van der Waals surface area contributed by atoms with E-state index in [9.17, 15) is 4.79 Å². The van der Waals surface area contributed by atoms with E-state index in [-0.39, 0.29) is 5.91 Å². The highest BCUT2D eigenvalue weighted by molar-refractivity contribution is 9.10. The van der Waals surface area contributed by atoms with Gasteiger partial charge >= 0.3 is 0 Å². The Balaban J connectivity index is 1.70. The van der Waals surface area contributed by atoms with Crippen LogP contribution in [0.2, 0.25) is 0 Å². The maximum atomic E-state index is 11.9. The minimum Gasteiger partial charge on any atom is -0.352 e. The number of benzene rings is 1. The van der Waals surface area contributed by atoms with E-state index in [0.29, 0.717) is 12.1 Å². The van der Waals surface area contributed by atoms with Crippen molar-refractivity contribution in [2.45, 2.75) is 26.3 Å². The fourth-order valence-corrected chi connectivity index (χ4v) is 2.17. The molecule has 5 nitrogen and oxygen atoms in total. The topological polar surface area (TPSA) is 59.8 Å². The molecule has 106 valence electrons. The lowest BCUT2D eigenvalue weighted by molar-refractivity contribution is 0.0953. The van der Waals surface area contributed by atoms with Gasteiger partial charge in [0, 0.05) is 23.1 Å². The lowest BCUT2D eigenvalue weighted by atomic mass is 10.1. The van der Waals surface area contributed by atoms with E-state index in [1.807, 2.05) is 29.7 Å². The first kappa shape index (κ1) is 14.7. The number of carbonyl (C=O) groups excluding carboxylic acids is 1. The largest absolute Gasteiger partial charge is 0.352 e. The van der Waals surface area contributed by atoms with E-state index < -0.39 is 0 Å². The van der Waals surface area contributed by atoms with Crippen molar-refractivity contribution in [3.63, 3.8) is 0 Å². The number of aryl methyl sites for hydroxylation is 2. The van der Waals surface area contributed by atoms with Crippen molar-refractivity contribution in [3.05, 3.63) is 46.5 Å². The maximum absolute atomic E-state index is 11.9. The first-order chi connectivity index (χ1) is 9.66. The second-order valence-electron chi connectivity index (χ2n) is 4.63. The zero-order chi connectivity index (χ0) is 14.4. The summed E-state index contributed by atoms with van der Waals surface area (Å²) in [6.45, 7) is 3.54. The number of carbonyl (C=O) groups is 1. The van der Waals surface area contributed by atoms with Gasteiger partial charge in [-0.3, -0.25) is 4.79 Å². The van der Waals surface area contributed by atoms with Gasteiger partial charge in [-0.2, -0.15) is 0 Å². The molecule has 1 aromatic heterocycles. The van der Waals surface area contributed by atoms with Crippen LogP contribution in [0.25, 0.3) is 0 Å². The van der Waals surface area contributed by atoms with E-state index >= 15 is 0 Å². The van der Waals surface area contributed by atoms with Gasteiger partial charge in [0.2, 0.25) is 0 Å². The summed E-state index contributed by atoms with van der Waals surface area (Å²) in [5.74, 6) is -0.0324. The SMILES string of the molecule is Cc1ccc(C(=O)NCCCCn2cnnc2)cc1Br. The summed E-state index contributed by atoms with van der Waals surface area (Å²) in [5.41, 5.74) is 1.80. The molecular formula is C14H17BrN4O. The van der Waals surface area contributed by atoms with E-state index in [1.54, 1.807) is 12.7 Å². The first-order valence-electron chi connectivity index (χ1n) is 6.53. The molecule has 0 fully saturated rings. The standard InChI is InChI=1S/C14H17BrN4O/c1-11-4-5-12(8-13(11)15)14(20)16-6-2-3-7-19-9-17-18-10-19/h4-5,8-10H,2-3,6-7H2,1H3,(H,16,20). The number of unbranched alkanes of at least 4 members (excludes halogenated alkanes) is 1. The predicted octanol–water partition coefficient (Wildman–Crippen LogP) is 2.56. The van der Waals surface area contributed by atoms with Crippen molar-refractivity contribution in [2.75, 3.05) is 6.54 Å². The van der Waals surface area contributed by atoms with Gasteiger partial charge in [0.1, 0.15) is 12.7 Å². The van der Waals surface area contributed by atoms with Crippen LogP contribution in [-0.4, -0.2) is 27.2 Å². The molecule has 0 aliphatic heterocycles. The molecule has 6 heteroatoms. The summed E-state index contributed by atoms with van der Waals surface area (Å²) in [7, 11) is 0. The van der Waals surface area contributed by atoms with Crippen molar-refractivity contribution in [3.8, 4) is 0 Å². The average Bonchev–Trinajstić information content (AvgIpc) is 2.94. The third-order valence-corrected chi connectivity index (χ3v) is 3.88. The Hall–Kier alpha value is -1.69. The molecular weight excluding hydrogens is 320 g/mol. The zero-order valence-electron chi connectivity index (χ0n) is 11.3. The number of rotatable bonds is 6. The summed E-state index contributed by atoms with van der Waals surface area (Å²) in [6.07, 6.45) is 5.30. The molecule has 1 amide bonds. The second-order valence-corrected chi connectivity index (χ2v) is 5.48. The molecule has 0 aliphatic carbocycles. The van der Waals surface area contributed by atoms with Gasteiger partial charge in [0.25, 0.3) is 5.91 Å². The lowest BCUT2D eigenvalue weighted by Crippen LogP contribution is -2.24. The number of nitrogens with one attached hydrogen (secondary N) is 1. The number of amides is 1. The molecule has 0 saturated heterocycles. The number of halogens is 1. The molecule has 0 atom stereocenters. The van der Waals surface area contributed by atoms with Crippen LogP contribution in [0.4, 0.5) is 0 Å². The monoisotopic (exact) mass is 336 g/mol. The van der Waals surface area contributed by atoms with Gasteiger partial charge in [-0.25, -0.2) is 0 Å². The molecule has 1 aromatic carbocycles. The van der Waals surface area contributed by atoms with Crippen LogP contribution < -0.4 is 5.32 Å². The Morgan fingerprint density at radius 3 is 2.75 bits per heavy atom.